The zero-order chi connectivity index (χ0) is 27.9. The van der Waals surface area contributed by atoms with Crippen LogP contribution in [0.1, 0.15) is 36.6 Å². The topological polar surface area (TPSA) is 112 Å². The first kappa shape index (κ1) is 25.6. The Hall–Kier alpha value is -4.40. The van der Waals surface area contributed by atoms with Crippen molar-refractivity contribution in [3.63, 3.8) is 0 Å². The molecule has 2 atom stereocenters. The molecule has 2 bridgehead atoms. The Labute approximate surface area is 238 Å². The summed E-state index contributed by atoms with van der Waals surface area (Å²) < 4.78 is 6.94. The van der Waals surface area contributed by atoms with Gasteiger partial charge in [0.25, 0.3) is 0 Å². The molecule has 4 aliphatic rings. The molecule has 8 rings (SSSR count). The van der Waals surface area contributed by atoms with Crippen molar-refractivity contribution in [2.45, 2.75) is 38.4 Å². The van der Waals surface area contributed by atoms with Gasteiger partial charge in [0.2, 0.25) is 5.88 Å². The molecule has 11 heteroatoms. The number of rotatable bonds is 7. The maximum atomic E-state index is 9.77. The van der Waals surface area contributed by atoms with Crippen LogP contribution in [0, 0.1) is 11.3 Å². The van der Waals surface area contributed by atoms with E-state index in [1.54, 1.807) is 25.7 Å². The van der Waals surface area contributed by atoms with E-state index < -0.39 is 0 Å². The number of methoxy groups -OCH3 is 1. The largest absolute Gasteiger partial charge is 0.480 e. The first-order chi connectivity index (χ1) is 20.1. The molecular formula is C30H32N10O. The SMILES string of the molecule is CCN1CC=C(c2cc(-c3cnc(N4CC5CC(C4)N5Cc4cnc(OC)cn4)cn3)c3c(C#N)cnn3c2)CC1. The van der Waals surface area contributed by atoms with Gasteiger partial charge in [-0.2, -0.15) is 10.4 Å². The van der Waals surface area contributed by atoms with Crippen molar-refractivity contribution in [3.05, 3.63) is 66.1 Å². The van der Waals surface area contributed by atoms with Crippen molar-refractivity contribution in [2.24, 2.45) is 0 Å². The number of nitriles is 1. The highest BCUT2D eigenvalue weighted by Crippen LogP contribution is 2.36. The predicted octanol–water partition coefficient (Wildman–Crippen LogP) is 3.03. The van der Waals surface area contributed by atoms with Gasteiger partial charge >= 0.3 is 0 Å². The second-order valence-electron chi connectivity index (χ2n) is 10.9. The number of fused-ring (bicyclic) bond motifs is 3. The van der Waals surface area contributed by atoms with Crippen molar-refractivity contribution < 1.29 is 4.74 Å². The summed E-state index contributed by atoms with van der Waals surface area (Å²) in [6, 6.07) is 5.34. The molecule has 0 aromatic carbocycles. The van der Waals surface area contributed by atoms with Crippen molar-refractivity contribution >= 4 is 16.9 Å². The number of ether oxygens (including phenoxy) is 1. The fourth-order valence-electron chi connectivity index (χ4n) is 6.31. The molecule has 208 valence electrons. The van der Waals surface area contributed by atoms with Gasteiger partial charge in [0.15, 0.2) is 0 Å². The zero-order valence-electron chi connectivity index (χ0n) is 23.3. The van der Waals surface area contributed by atoms with Crippen LogP contribution in [0.25, 0.3) is 22.3 Å². The van der Waals surface area contributed by atoms with E-state index in [0.717, 1.165) is 79.5 Å². The lowest BCUT2D eigenvalue weighted by Crippen LogP contribution is -2.68. The van der Waals surface area contributed by atoms with E-state index in [2.05, 4.69) is 54.9 Å². The monoisotopic (exact) mass is 548 g/mol. The van der Waals surface area contributed by atoms with Gasteiger partial charge in [-0.3, -0.25) is 19.8 Å². The Balaban J connectivity index is 1.11. The molecule has 0 saturated carbocycles. The molecular weight excluding hydrogens is 516 g/mol. The third-order valence-electron chi connectivity index (χ3n) is 8.66. The first-order valence-electron chi connectivity index (χ1n) is 14.1. The Morgan fingerprint density at radius 2 is 1.93 bits per heavy atom. The van der Waals surface area contributed by atoms with E-state index in [1.165, 1.54) is 12.0 Å². The van der Waals surface area contributed by atoms with Gasteiger partial charge < -0.3 is 9.64 Å². The van der Waals surface area contributed by atoms with Gasteiger partial charge in [-0.25, -0.2) is 14.5 Å². The Kier molecular flexibility index (Phi) is 6.57. The van der Waals surface area contributed by atoms with Crippen molar-refractivity contribution in [3.8, 4) is 23.2 Å². The zero-order valence-corrected chi connectivity index (χ0v) is 23.3. The smallest absolute Gasteiger partial charge is 0.231 e. The summed E-state index contributed by atoms with van der Waals surface area (Å²) in [4.78, 5) is 25.7. The van der Waals surface area contributed by atoms with Gasteiger partial charge in [0, 0.05) is 56.6 Å². The summed E-state index contributed by atoms with van der Waals surface area (Å²) in [5.41, 5.74) is 6.28. The quantitative estimate of drug-likeness (QED) is 0.342. The Morgan fingerprint density at radius 1 is 1.05 bits per heavy atom. The molecule has 0 N–H and O–H groups in total. The number of pyridine rings is 1. The van der Waals surface area contributed by atoms with Gasteiger partial charge in [-0.15, -0.1) is 0 Å². The minimum Gasteiger partial charge on any atom is -0.480 e. The number of likely N-dealkylation sites (N-methyl/N-ethyl adjacent to an activating group) is 1. The van der Waals surface area contributed by atoms with Gasteiger partial charge in [-0.1, -0.05) is 13.0 Å². The van der Waals surface area contributed by atoms with E-state index in [9.17, 15) is 5.26 Å². The molecule has 2 unspecified atom stereocenters. The van der Waals surface area contributed by atoms with Crippen molar-refractivity contribution in [1.82, 2.24) is 39.3 Å². The molecule has 4 aliphatic heterocycles. The number of hydrogen-bond acceptors (Lipinski definition) is 10. The summed E-state index contributed by atoms with van der Waals surface area (Å²) in [5.74, 6) is 1.41. The molecule has 41 heavy (non-hydrogen) atoms. The lowest BCUT2D eigenvalue weighted by atomic mass is 9.87. The molecule has 0 radical (unpaired) electrons. The summed E-state index contributed by atoms with van der Waals surface area (Å²) >= 11 is 0. The van der Waals surface area contributed by atoms with E-state index in [1.807, 2.05) is 23.1 Å². The summed E-state index contributed by atoms with van der Waals surface area (Å²) in [7, 11) is 1.60. The molecule has 4 aromatic rings. The average Bonchev–Trinajstić information content (AvgIpc) is 3.47. The van der Waals surface area contributed by atoms with E-state index in [0.29, 0.717) is 23.5 Å². The molecule has 0 spiro atoms. The molecule has 3 fully saturated rings. The van der Waals surface area contributed by atoms with E-state index >= 15 is 0 Å². The van der Waals surface area contributed by atoms with Gasteiger partial charge in [-0.05, 0) is 36.6 Å². The van der Waals surface area contributed by atoms with Crippen LogP contribution in [0.2, 0.25) is 0 Å². The summed E-state index contributed by atoms with van der Waals surface area (Å²) in [5, 5.41) is 14.3. The van der Waals surface area contributed by atoms with Crippen LogP contribution in [0.15, 0.2) is 49.3 Å². The van der Waals surface area contributed by atoms with Crippen molar-refractivity contribution in [2.75, 3.05) is 44.7 Å². The maximum Gasteiger partial charge on any atom is 0.231 e. The molecule has 4 aromatic heterocycles. The number of piperazine rings is 1. The number of anilines is 1. The highest BCUT2D eigenvalue weighted by molar-refractivity contribution is 5.85. The van der Waals surface area contributed by atoms with E-state index in [-0.39, 0.29) is 0 Å². The third kappa shape index (κ3) is 4.69. The third-order valence-corrected chi connectivity index (χ3v) is 8.66. The highest BCUT2D eigenvalue weighted by atomic mass is 16.5. The fraction of sp³-hybridized carbons (Fsp3) is 0.400. The number of piperidine rings is 1. The van der Waals surface area contributed by atoms with Crippen LogP contribution < -0.4 is 9.64 Å². The Bertz CT molecular complexity index is 1630. The van der Waals surface area contributed by atoms with Crippen LogP contribution >= 0.6 is 0 Å². The predicted molar refractivity (Wildman–Crippen MR) is 154 cm³/mol. The number of aromatic nitrogens is 6. The van der Waals surface area contributed by atoms with Gasteiger partial charge in [0.05, 0.1) is 60.6 Å². The lowest BCUT2D eigenvalue weighted by Gasteiger charge is -2.56. The lowest BCUT2D eigenvalue weighted by molar-refractivity contribution is -0.00981. The first-order valence-corrected chi connectivity index (χ1v) is 14.1. The standard InChI is InChI=1S/C30H32N10O/c1-3-37-6-4-20(5-7-37)21-8-26(30-22(10-31)11-36-40(30)16-21)27-13-34-28(14-33-27)38-18-24-9-25(19-38)39(24)17-23-12-35-29(41-2)15-32-23/h4,8,11-16,24-25H,3,5-7,9,17-19H2,1-2H3. The number of nitrogens with zero attached hydrogens (tertiary/aromatic N) is 10. The summed E-state index contributed by atoms with van der Waals surface area (Å²) in [6.45, 7) is 7.81. The van der Waals surface area contributed by atoms with Crippen LogP contribution in [0.4, 0.5) is 5.82 Å². The molecule has 3 saturated heterocycles. The minimum absolute atomic E-state index is 0.452. The molecule has 11 nitrogen and oxygen atoms in total. The molecule has 0 aliphatic carbocycles. The highest BCUT2D eigenvalue weighted by Gasteiger charge is 2.45. The van der Waals surface area contributed by atoms with Gasteiger partial charge in [0.1, 0.15) is 11.9 Å². The fourth-order valence-corrected chi connectivity index (χ4v) is 6.31. The summed E-state index contributed by atoms with van der Waals surface area (Å²) in [6.07, 6.45) is 15.3. The van der Waals surface area contributed by atoms with Crippen molar-refractivity contribution in [1.29, 1.82) is 5.26 Å². The van der Waals surface area contributed by atoms with Crippen LogP contribution in [-0.2, 0) is 6.54 Å². The van der Waals surface area contributed by atoms with E-state index in [4.69, 9.17) is 14.7 Å². The Morgan fingerprint density at radius 3 is 2.59 bits per heavy atom. The molecule has 0 amide bonds. The van der Waals surface area contributed by atoms with Crippen LogP contribution in [0.3, 0.4) is 0 Å². The normalized spacial score (nSPS) is 20.9. The average molecular weight is 549 g/mol. The second kappa shape index (κ2) is 10.5. The van der Waals surface area contributed by atoms with Crippen LogP contribution in [-0.4, -0.2) is 91.3 Å². The second-order valence-corrected chi connectivity index (χ2v) is 10.9. The van der Waals surface area contributed by atoms with Crippen LogP contribution in [0.5, 0.6) is 5.88 Å². The minimum atomic E-state index is 0.452. The number of hydrogen-bond donors (Lipinski definition) is 0. The molecule has 8 heterocycles. The maximum absolute atomic E-state index is 9.77.